The van der Waals surface area contributed by atoms with E-state index in [0.29, 0.717) is 17.0 Å². The molecule has 3 aromatic rings. The molecule has 3 aromatic heterocycles. The number of nitrogens with one attached hydrogen (secondary N) is 3. The fourth-order valence-electron chi connectivity index (χ4n) is 1.56. The molecule has 0 spiro atoms. The standard InChI is InChI=1S/C9H6N4O3/c14-8-5-7(11-13-9(5)15)6(10-12-8)4-2-1-3-16-4/h1-3H,(H,12,14)(H2,11,13,15). The Morgan fingerprint density at radius 3 is 2.81 bits per heavy atom. The third kappa shape index (κ3) is 1.05. The second-order valence-corrected chi connectivity index (χ2v) is 3.21. The van der Waals surface area contributed by atoms with Gasteiger partial charge in [0, 0.05) is 0 Å². The van der Waals surface area contributed by atoms with Crippen LogP contribution in [-0.2, 0) is 0 Å². The molecule has 0 aliphatic rings. The van der Waals surface area contributed by atoms with Crippen molar-refractivity contribution in [2.24, 2.45) is 0 Å². The maximum atomic E-state index is 11.4. The van der Waals surface area contributed by atoms with Crippen molar-refractivity contribution >= 4 is 10.9 Å². The molecular formula is C9H6N4O3. The molecule has 0 atom stereocenters. The van der Waals surface area contributed by atoms with Crippen LogP contribution in [0.3, 0.4) is 0 Å². The van der Waals surface area contributed by atoms with Crippen LogP contribution < -0.4 is 11.1 Å². The first-order valence-electron chi connectivity index (χ1n) is 4.50. The first-order valence-corrected chi connectivity index (χ1v) is 4.50. The minimum Gasteiger partial charge on any atom is -0.463 e. The topological polar surface area (TPSA) is 108 Å². The van der Waals surface area contributed by atoms with Gasteiger partial charge in [0.15, 0.2) is 11.5 Å². The number of furan rings is 1. The number of rotatable bonds is 1. The smallest absolute Gasteiger partial charge is 0.279 e. The molecule has 0 aliphatic carbocycles. The van der Waals surface area contributed by atoms with Crippen LogP contribution in [0.4, 0.5) is 0 Å². The van der Waals surface area contributed by atoms with Gasteiger partial charge in [0.05, 0.1) is 6.26 Å². The third-order valence-electron chi connectivity index (χ3n) is 2.27. The van der Waals surface area contributed by atoms with E-state index in [1.807, 2.05) is 0 Å². The summed E-state index contributed by atoms with van der Waals surface area (Å²) in [6.45, 7) is 0. The Balaban J connectivity index is 2.49. The number of aromatic amines is 3. The lowest BCUT2D eigenvalue weighted by molar-refractivity contribution is 0.579. The van der Waals surface area contributed by atoms with Crippen LogP contribution in [0.1, 0.15) is 0 Å². The quantitative estimate of drug-likeness (QED) is 0.542. The summed E-state index contributed by atoms with van der Waals surface area (Å²) in [4.78, 5) is 22.7. The van der Waals surface area contributed by atoms with Crippen LogP contribution in [0.15, 0.2) is 32.4 Å². The normalized spacial score (nSPS) is 11.0. The zero-order valence-electron chi connectivity index (χ0n) is 7.90. The van der Waals surface area contributed by atoms with E-state index in [1.54, 1.807) is 12.1 Å². The van der Waals surface area contributed by atoms with E-state index in [0.717, 1.165) is 0 Å². The molecule has 0 radical (unpaired) electrons. The molecule has 7 nitrogen and oxygen atoms in total. The number of hydrogen-bond acceptors (Lipinski definition) is 4. The lowest BCUT2D eigenvalue weighted by Crippen LogP contribution is -2.15. The summed E-state index contributed by atoms with van der Waals surface area (Å²) in [6.07, 6.45) is 1.48. The molecule has 0 saturated heterocycles. The third-order valence-corrected chi connectivity index (χ3v) is 2.27. The van der Waals surface area contributed by atoms with Crippen LogP contribution >= 0.6 is 0 Å². The van der Waals surface area contributed by atoms with Crippen molar-refractivity contribution in [3.63, 3.8) is 0 Å². The molecule has 0 aromatic carbocycles. The Kier molecular flexibility index (Phi) is 1.61. The molecule has 3 rings (SSSR count). The van der Waals surface area contributed by atoms with Gasteiger partial charge < -0.3 is 4.42 Å². The van der Waals surface area contributed by atoms with Crippen LogP contribution in [0.25, 0.3) is 22.4 Å². The summed E-state index contributed by atoms with van der Waals surface area (Å²) in [5.41, 5.74) is -0.291. The van der Waals surface area contributed by atoms with Gasteiger partial charge in [0.25, 0.3) is 11.1 Å². The zero-order valence-corrected chi connectivity index (χ0v) is 7.90. The Hall–Kier alpha value is -2.57. The van der Waals surface area contributed by atoms with Crippen molar-refractivity contribution in [1.29, 1.82) is 0 Å². The number of fused-ring (bicyclic) bond motifs is 1. The predicted octanol–water partition coefficient (Wildman–Crippen LogP) is 0.199. The molecule has 16 heavy (non-hydrogen) atoms. The summed E-state index contributed by atoms with van der Waals surface area (Å²) < 4.78 is 5.16. The number of aromatic nitrogens is 4. The summed E-state index contributed by atoms with van der Waals surface area (Å²) in [7, 11) is 0. The van der Waals surface area contributed by atoms with E-state index in [2.05, 4.69) is 20.4 Å². The van der Waals surface area contributed by atoms with Crippen LogP contribution in [0, 0.1) is 0 Å². The average Bonchev–Trinajstić information content (AvgIpc) is 2.89. The first-order chi connectivity index (χ1) is 7.77. The first kappa shape index (κ1) is 8.72. The lowest BCUT2D eigenvalue weighted by Gasteiger charge is -1.95. The minimum atomic E-state index is -0.534. The Morgan fingerprint density at radius 1 is 1.19 bits per heavy atom. The highest BCUT2D eigenvalue weighted by molar-refractivity contribution is 5.88. The van der Waals surface area contributed by atoms with Crippen LogP contribution in [0.5, 0.6) is 0 Å². The van der Waals surface area contributed by atoms with Gasteiger partial charge in [-0.25, -0.2) is 5.10 Å². The maximum Gasteiger partial charge on any atom is 0.279 e. The van der Waals surface area contributed by atoms with E-state index in [9.17, 15) is 9.59 Å². The van der Waals surface area contributed by atoms with E-state index in [1.165, 1.54) is 6.26 Å². The van der Waals surface area contributed by atoms with E-state index < -0.39 is 11.1 Å². The predicted molar refractivity (Wildman–Crippen MR) is 55.0 cm³/mol. The van der Waals surface area contributed by atoms with Gasteiger partial charge in [-0.3, -0.25) is 19.8 Å². The molecule has 3 heterocycles. The highest BCUT2D eigenvalue weighted by atomic mass is 16.3. The van der Waals surface area contributed by atoms with Gasteiger partial charge in [-0.1, -0.05) is 0 Å². The summed E-state index contributed by atoms with van der Waals surface area (Å²) in [6, 6.07) is 3.38. The van der Waals surface area contributed by atoms with Gasteiger partial charge in [-0.05, 0) is 12.1 Å². The van der Waals surface area contributed by atoms with Gasteiger partial charge in [0.2, 0.25) is 0 Å². The molecule has 0 saturated carbocycles. The van der Waals surface area contributed by atoms with Crippen molar-refractivity contribution in [3.05, 3.63) is 39.1 Å². The highest BCUT2D eigenvalue weighted by Gasteiger charge is 2.14. The molecule has 0 fully saturated rings. The van der Waals surface area contributed by atoms with Gasteiger partial charge in [0.1, 0.15) is 10.9 Å². The van der Waals surface area contributed by atoms with Crippen LogP contribution in [-0.4, -0.2) is 20.4 Å². The number of hydrogen-bond donors (Lipinski definition) is 3. The average molecular weight is 218 g/mol. The van der Waals surface area contributed by atoms with Gasteiger partial charge >= 0.3 is 0 Å². The SMILES string of the molecule is O=c1[nH]nc(-c2ccco2)c2[nH][nH]c(=O)c12. The Labute approximate surface area is 87.1 Å². The molecular weight excluding hydrogens is 212 g/mol. The fraction of sp³-hybridized carbons (Fsp3) is 0. The summed E-state index contributed by atoms with van der Waals surface area (Å²) >= 11 is 0. The largest absolute Gasteiger partial charge is 0.463 e. The molecule has 3 N–H and O–H groups in total. The zero-order chi connectivity index (χ0) is 11.1. The van der Waals surface area contributed by atoms with Crippen molar-refractivity contribution in [2.45, 2.75) is 0 Å². The molecule has 0 amide bonds. The molecule has 80 valence electrons. The Bertz CT molecular complexity index is 747. The second kappa shape index (κ2) is 2.96. The van der Waals surface area contributed by atoms with E-state index in [4.69, 9.17) is 4.42 Å². The summed E-state index contributed by atoms with van der Waals surface area (Å²) in [5, 5.41) is 11.1. The lowest BCUT2D eigenvalue weighted by atomic mass is 10.2. The van der Waals surface area contributed by atoms with Crippen LogP contribution in [0.2, 0.25) is 0 Å². The molecule has 7 heteroatoms. The van der Waals surface area contributed by atoms with Gasteiger partial charge in [-0.15, -0.1) is 0 Å². The van der Waals surface area contributed by atoms with Crippen molar-refractivity contribution < 1.29 is 4.42 Å². The maximum absolute atomic E-state index is 11.4. The molecule has 0 unspecified atom stereocenters. The number of nitrogens with zero attached hydrogens (tertiary/aromatic N) is 1. The van der Waals surface area contributed by atoms with E-state index in [-0.39, 0.29) is 5.39 Å². The fourth-order valence-corrected chi connectivity index (χ4v) is 1.56. The monoisotopic (exact) mass is 218 g/mol. The summed E-state index contributed by atoms with van der Waals surface area (Å²) in [5.74, 6) is 0.469. The van der Waals surface area contributed by atoms with Gasteiger partial charge in [-0.2, -0.15) is 5.10 Å². The van der Waals surface area contributed by atoms with Crippen molar-refractivity contribution in [2.75, 3.05) is 0 Å². The molecule has 0 aliphatic heterocycles. The highest BCUT2D eigenvalue weighted by Crippen LogP contribution is 2.20. The van der Waals surface area contributed by atoms with Crippen molar-refractivity contribution in [3.8, 4) is 11.5 Å². The van der Waals surface area contributed by atoms with E-state index >= 15 is 0 Å². The Morgan fingerprint density at radius 2 is 2.06 bits per heavy atom. The van der Waals surface area contributed by atoms with Crippen molar-refractivity contribution in [1.82, 2.24) is 20.4 Å². The number of H-pyrrole nitrogens is 3. The molecule has 0 bridgehead atoms. The second-order valence-electron chi connectivity index (χ2n) is 3.21. The minimum absolute atomic E-state index is 0.0152.